The number of hydrogen-bond acceptors (Lipinski definition) is 1. The van der Waals surface area contributed by atoms with Crippen molar-refractivity contribution in [1.82, 2.24) is 0 Å². The van der Waals surface area contributed by atoms with Crippen molar-refractivity contribution in [2.75, 3.05) is 0 Å². The van der Waals surface area contributed by atoms with E-state index in [9.17, 15) is 0 Å². The van der Waals surface area contributed by atoms with Crippen LogP contribution in [0.2, 0.25) is 0 Å². The van der Waals surface area contributed by atoms with Crippen LogP contribution >= 0.6 is 0 Å². The van der Waals surface area contributed by atoms with E-state index in [-0.39, 0.29) is 5.41 Å². The van der Waals surface area contributed by atoms with E-state index >= 15 is 0 Å². The lowest BCUT2D eigenvalue weighted by Gasteiger charge is -2.42. The maximum Gasteiger partial charge on any atom is 0.0639 e. The molecule has 0 aromatic carbocycles. The molecule has 0 amide bonds. The first kappa shape index (κ1) is 15.6. The van der Waals surface area contributed by atoms with Crippen molar-refractivity contribution in [3.05, 3.63) is 11.6 Å². The quantitative estimate of drug-likeness (QED) is 0.586. The summed E-state index contributed by atoms with van der Waals surface area (Å²) in [5, 5.41) is 0. The zero-order valence-electron chi connectivity index (χ0n) is 14.5. The normalized spacial score (nSPS) is 43.9. The van der Waals surface area contributed by atoms with Crippen LogP contribution in [0.4, 0.5) is 0 Å². The van der Waals surface area contributed by atoms with Crippen LogP contribution in [0, 0.1) is 23.2 Å². The molecule has 0 aliphatic heterocycles. The Kier molecular flexibility index (Phi) is 4.50. The molecule has 2 bridgehead atoms. The highest BCUT2D eigenvalue weighted by Crippen LogP contribution is 2.49. The molecule has 3 rings (SSSR count). The molecule has 6 atom stereocenters. The second-order valence-electron chi connectivity index (χ2n) is 8.34. The van der Waals surface area contributed by atoms with Crippen LogP contribution in [0.1, 0.15) is 79.1 Å². The lowest BCUT2D eigenvalue weighted by Crippen LogP contribution is -2.39. The van der Waals surface area contributed by atoms with E-state index < -0.39 is 0 Å². The second-order valence-corrected chi connectivity index (χ2v) is 8.34. The van der Waals surface area contributed by atoms with Gasteiger partial charge in [-0.3, -0.25) is 0 Å². The first-order valence-corrected chi connectivity index (χ1v) is 9.40. The summed E-state index contributed by atoms with van der Waals surface area (Å²) in [6, 6.07) is 0. The Hall–Kier alpha value is -0.300. The summed E-state index contributed by atoms with van der Waals surface area (Å²) >= 11 is 0. The van der Waals surface area contributed by atoms with Gasteiger partial charge in [0, 0.05) is 5.41 Å². The molecule has 0 saturated heterocycles. The van der Waals surface area contributed by atoms with Crippen LogP contribution < -0.4 is 0 Å². The highest BCUT2D eigenvalue weighted by atomic mass is 16.5. The van der Waals surface area contributed by atoms with Gasteiger partial charge in [-0.2, -0.15) is 0 Å². The van der Waals surface area contributed by atoms with Crippen LogP contribution in [-0.4, -0.2) is 12.2 Å². The van der Waals surface area contributed by atoms with E-state index in [1.165, 1.54) is 51.4 Å². The average Bonchev–Trinajstić information content (AvgIpc) is 3.09. The molecule has 120 valence electrons. The summed E-state index contributed by atoms with van der Waals surface area (Å²) < 4.78 is 6.63. The van der Waals surface area contributed by atoms with Gasteiger partial charge in [0.1, 0.15) is 0 Å². The third-order valence-corrected chi connectivity index (χ3v) is 6.83. The molecule has 6 unspecified atom stereocenters. The van der Waals surface area contributed by atoms with Crippen LogP contribution in [0.25, 0.3) is 0 Å². The maximum absolute atomic E-state index is 6.63. The second kappa shape index (κ2) is 6.07. The van der Waals surface area contributed by atoms with Gasteiger partial charge in [0.25, 0.3) is 0 Å². The van der Waals surface area contributed by atoms with Crippen molar-refractivity contribution in [1.29, 1.82) is 0 Å². The molecule has 0 aromatic heterocycles. The summed E-state index contributed by atoms with van der Waals surface area (Å²) in [4.78, 5) is 0. The van der Waals surface area contributed by atoms with E-state index in [0.717, 1.165) is 17.8 Å². The lowest BCUT2D eigenvalue weighted by molar-refractivity contribution is -0.0802. The lowest BCUT2D eigenvalue weighted by atomic mass is 9.68. The number of allylic oxidation sites excluding steroid dienone is 1. The van der Waals surface area contributed by atoms with Gasteiger partial charge in [-0.05, 0) is 69.6 Å². The van der Waals surface area contributed by atoms with E-state index in [1.807, 2.05) is 0 Å². The SMILES string of the molecule is CCC1=CC(C)(C(C)OC2CC3CCC2C3)CC(CC)C1. The van der Waals surface area contributed by atoms with Gasteiger partial charge < -0.3 is 4.74 Å². The Balaban J connectivity index is 1.68. The monoisotopic (exact) mass is 290 g/mol. The van der Waals surface area contributed by atoms with Gasteiger partial charge in [-0.15, -0.1) is 0 Å². The van der Waals surface area contributed by atoms with Crippen molar-refractivity contribution < 1.29 is 4.74 Å². The highest BCUT2D eigenvalue weighted by molar-refractivity contribution is 5.16. The predicted octanol–water partition coefficient (Wildman–Crippen LogP) is 5.74. The smallest absolute Gasteiger partial charge is 0.0639 e. The summed E-state index contributed by atoms with van der Waals surface area (Å²) in [5.74, 6) is 2.72. The zero-order valence-corrected chi connectivity index (χ0v) is 14.5. The summed E-state index contributed by atoms with van der Waals surface area (Å²) in [6.07, 6.45) is 14.4. The minimum Gasteiger partial charge on any atom is -0.374 e. The maximum atomic E-state index is 6.63. The summed E-state index contributed by atoms with van der Waals surface area (Å²) in [6.45, 7) is 9.45. The molecule has 0 spiro atoms. The molecule has 0 N–H and O–H groups in total. The molecule has 0 aromatic rings. The standard InChI is InChI=1S/C20H34O/c1-5-15-9-16(6-2)13-20(4,12-15)14(3)21-19-11-17-7-8-18(19)10-17/h12,14,16-19H,5-11,13H2,1-4H3. The van der Waals surface area contributed by atoms with E-state index in [4.69, 9.17) is 4.74 Å². The molecule has 21 heavy (non-hydrogen) atoms. The number of rotatable bonds is 5. The summed E-state index contributed by atoms with van der Waals surface area (Å²) in [7, 11) is 0. The number of hydrogen-bond donors (Lipinski definition) is 0. The fourth-order valence-electron chi connectivity index (χ4n) is 5.24. The van der Waals surface area contributed by atoms with Crippen molar-refractivity contribution >= 4 is 0 Å². The highest BCUT2D eigenvalue weighted by Gasteiger charge is 2.43. The minimum atomic E-state index is 0.256. The Morgan fingerprint density at radius 1 is 1.29 bits per heavy atom. The van der Waals surface area contributed by atoms with Crippen molar-refractivity contribution in [3.63, 3.8) is 0 Å². The van der Waals surface area contributed by atoms with Gasteiger partial charge in [0.05, 0.1) is 12.2 Å². The van der Waals surface area contributed by atoms with Gasteiger partial charge in [-0.25, -0.2) is 0 Å². The molecular formula is C20H34O. The first-order valence-electron chi connectivity index (χ1n) is 9.40. The largest absolute Gasteiger partial charge is 0.374 e. The van der Waals surface area contributed by atoms with Gasteiger partial charge in [-0.1, -0.05) is 38.8 Å². The fourth-order valence-corrected chi connectivity index (χ4v) is 5.24. The molecule has 2 fully saturated rings. The Morgan fingerprint density at radius 2 is 2.10 bits per heavy atom. The predicted molar refractivity (Wildman–Crippen MR) is 89.3 cm³/mol. The van der Waals surface area contributed by atoms with E-state index in [2.05, 4.69) is 33.8 Å². The van der Waals surface area contributed by atoms with Crippen LogP contribution in [0.3, 0.4) is 0 Å². The number of ether oxygens (including phenoxy) is 1. The van der Waals surface area contributed by atoms with E-state index in [1.54, 1.807) is 5.57 Å². The molecule has 3 aliphatic carbocycles. The van der Waals surface area contributed by atoms with Crippen molar-refractivity contribution in [3.8, 4) is 0 Å². The van der Waals surface area contributed by atoms with Gasteiger partial charge >= 0.3 is 0 Å². The van der Waals surface area contributed by atoms with Gasteiger partial charge in [0.2, 0.25) is 0 Å². The first-order chi connectivity index (χ1) is 10.0. The molecule has 1 heteroatoms. The minimum absolute atomic E-state index is 0.256. The van der Waals surface area contributed by atoms with E-state index in [0.29, 0.717) is 12.2 Å². The zero-order chi connectivity index (χ0) is 15.0. The topological polar surface area (TPSA) is 9.23 Å². The molecule has 2 saturated carbocycles. The third-order valence-electron chi connectivity index (χ3n) is 6.83. The Bertz CT molecular complexity index is 399. The molecule has 0 radical (unpaired) electrons. The average molecular weight is 290 g/mol. The van der Waals surface area contributed by atoms with Gasteiger partial charge in [0.15, 0.2) is 0 Å². The van der Waals surface area contributed by atoms with Crippen LogP contribution in [0.5, 0.6) is 0 Å². The molecule has 0 heterocycles. The number of fused-ring (bicyclic) bond motifs is 2. The Morgan fingerprint density at radius 3 is 2.67 bits per heavy atom. The molecule has 3 aliphatic rings. The van der Waals surface area contributed by atoms with Crippen LogP contribution in [0.15, 0.2) is 11.6 Å². The summed E-state index contributed by atoms with van der Waals surface area (Å²) in [5.41, 5.74) is 1.92. The fraction of sp³-hybridized carbons (Fsp3) is 0.900. The molecule has 1 nitrogen and oxygen atoms in total. The van der Waals surface area contributed by atoms with Crippen molar-refractivity contribution in [2.24, 2.45) is 23.2 Å². The third kappa shape index (κ3) is 3.09. The van der Waals surface area contributed by atoms with Crippen LogP contribution in [-0.2, 0) is 4.74 Å². The van der Waals surface area contributed by atoms with Crippen molar-refractivity contribution in [2.45, 2.75) is 91.3 Å². The molecular weight excluding hydrogens is 256 g/mol. The Labute approximate surface area is 131 Å².